The molecule has 28 heavy (non-hydrogen) atoms. The SMILES string of the molecule is CN(C)c1nc(-c2ccccn2)nc2c1CCN(C(=O)c1cccc(O)c1)C2. The van der Waals surface area contributed by atoms with E-state index in [2.05, 4.69) is 4.98 Å². The number of aromatic nitrogens is 3. The number of benzene rings is 1. The Kier molecular flexibility index (Phi) is 4.65. The fourth-order valence-electron chi connectivity index (χ4n) is 3.39. The molecule has 0 atom stereocenters. The van der Waals surface area contributed by atoms with Gasteiger partial charge in [-0.05, 0) is 36.8 Å². The van der Waals surface area contributed by atoms with Crippen LogP contribution in [0.5, 0.6) is 5.75 Å². The van der Waals surface area contributed by atoms with E-state index < -0.39 is 0 Å². The highest BCUT2D eigenvalue weighted by Crippen LogP contribution is 2.28. The Hall–Kier alpha value is -3.48. The Balaban J connectivity index is 1.71. The van der Waals surface area contributed by atoms with Gasteiger partial charge in [0.1, 0.15) is 17.3 Å². The van der Waals surface area contributed by atoms with Gasteiger partial charge in [0.2, 0.25) is 0 Å². The fraction of sp³-hybridized carbons (Fsp3) is 0.238. The zero-order chi connectivity index (χ0) is 19.7. The maximum Gasteiger partial charge on any atom is 0.254 e. The monoisotopic (exact) mass is 375 g/mol. The topological polar surface area (TPSA) is 82.5 Å². The van der Waals surface area contributed by atoms with E-state index >= 15 is 0 Å². The molecule has 4 rings (SSSR count). The molecular weight excluding hydrogens is 354 g/mol. The van der Waals surface area contributed by atoms with Crippen LogP contribution < -0.4 is 4.90 Å². The van der Waals surface area contributed by atoms with E-state index in [0.717, 1.165) is 17.1 Å². The summed E-state index contributed by atoms with van der Waals surface area (Å²) in [7, 11) is 3.91. The van der Waals surface area contributed by atoms with Crippen molar-refractivity contribution in [3.05, 3.63) is 65.5 Å². The van der Waals surface area contributed by atoms with E-state index in [9.17, 15) is 9.90 Å². The molecule has 1 aliphatic rings. The molecule has 0 saturated carbocycles. The van der Waals surface area contributed by atoms with Gasteiger partial charge in [0.15, 0.2) is 5.82 Å². The molecule has 0 bridgehead atoms. The number of carbonyl (C=O) groups is 1. The van der Waals surface area contributed by atoms with Crippen molar-refractivity contribution in [1.82, 2.24) is 19.9 Å². The summed E-state index contributed by atoms with van der Waals surface area (Å²) < 4.78 is 0. The van der Waals surface area contributed by atoms with Gasteiger partial charge < -0.3 is 14.9 Å². The predicted molar refractivity (Wildman–Crippen MR) is 106 cm³/mol. The van der Waals surface area contributed by atoms with Crippen molar-refractivity contribution >= 4 is 11.7 Å². The first kappa shape index (κ1) is 17.9. The molecular formula is C21H21N5O2. The van der Waals surface area contributed by atoms with Crippen molar-refractivity contribution in [3.63, 3.8) is 0 Å². The molecule has 0 aliphatic carbocycles. The highest BCUT2D eigenvalue weighted by Gasteiger charge is 2.27. The van der Waals surface area contributed by atoms with Crippen LogP contribution in [0.2, 0.25) is 0 Å². The van der Waals surface area contributed by atoms with Crippen molar-refractivity contribution in [2.45, 2.75) is 13.0 Å². The van der Waals surface area contributed by atoms with Gasteiger partial charge in [-0.25, -0.2) is 9.97 Å². The van der Waals surface area contributed by atoms with Crippen molar-refractivity contribution in [2.24, 2.45) is 0 Å². The Bertz CT molecular complexity index is 1020. The molecule has 2 aromatic heterocycles. The summed E-state index contributed by atoms with van der Waals surface area (Å²) >= 11 is 0. The van der Waals surface area contributed by atoms with E-state index in [-0.39, 0.29) is 11.7 Å². The van der Waals surface area contributed by atoms with Crippen LogP contribution in [0, 0.1) is 0 Å². The summed E-state index contributed by atoms with van der Waals surface area (Å²) in [6, 6.07) is 12.1. The van der Waals surface area contributed by atoms with Crippen LogP contribution in [-0.2, 0) is 13.0 Å². The summed E-state index contributed by atoms with van der Waals surface area (Å²) in [5.41, 5.74) is 3.06. The van der Waals surface area contributed by atoms with Crippen molar-refractivity contribution in [3.8, 4) is 17.3 Å². The molecule has 7 heteroatoms. The van der Waals surface area contributed by atoms with Crippen LogP contribution in [-0.4, -0.2) is 51.5 Å². The Morgan fingerprint density at radius 3 is 2.71 bits per heavy atom. The number of phenolic OH excluding ortho intramolecular Hbond substituents is 1. The lowest BCUT2D eigenvalue weighted by Crippen LogP contribution is -2.37. The van der Waals surface area contributed by atoms with E-state index in [1.165, 1.54) is 6.07 Å². The average molecular weight is 375 g/mol. The van der Waals surface area contributed by atoms with Crippen LogP contribution in [0.15, 0.2) is 48.7 Å². The second-order valence-corrected chi connectivity index (χ2v) is 6.93. The molecule has 1 aliphatic heterocycles. The van der Waals surface area contributed by atoms with Gasteiger partial charge in [-0.2, -0.15) is 0 Å². The van der Waals surface area contributed by atoms with Gasteiger partial charge >= 0.3 is 0 Å². The van der Waals surface area contributed by atoms with E-state index in [1.54, 1.807) is 29.3 Å². The van der Waals surface area contributed by atoms with Crippen molar-refractivity contribution in [2.75, 3.05) is 25.5 Å². The fourth-order valence-corrected chi connectivity index (χ4v) is 3.39. The highest BCUT2D eigenvalue weighted by molar-refractivity contribution is 5.94. The van der Waals surface area contributed by atoms with Crippen LogP contribution in [0.1, 0.15) is 21.6 Å². The molecule has 1 N–H and O–H groups in total. The second-order valence-electron chi connectivity index (χ2n) is 6.93. The zero-order valence-corrected chi connectivity index (χ0v) is 15.8. The number of fused-ring (bicyclic) bond motifs is 1. The van der Waals surface area contributed by atoms with Gasteiger partial charge in [0.05, 0.1) is 12.2 Å². The summed E-state index contributed by atoms with van der Waals surface area (Å²) in [6.07, 6.45) is 2.39. The first-order chi connectivity index (χ1) is 13.5. The largest absolute Gasteiger partial charge is 0.508 e. The second kappa shape index (κ2) is 7.26. The standard InChI is InChI=1S/C21H21N5O2/c1-25(2)20-16-9-11-26(21(28)14-6-5-7-15(27)12-14)13-18(16)23-19(24-20)17-8-3-4-10-22-17/h3-8,10,12,27H,9,11,13H2,1-2H3. The lowest BCUT2D eigenvalue weighted by molar-refractivity contribution is 0.0731. The third kappa shape index (κ3) is 3.38. The van der Waals surface area contributed by atoms with Crippen LogP contribution in [0.3, 0.4) is 0 Å². The normalized spacial score (nSPS) is 13.1. The van der Waals surface area contributed by atoms with E-state index in [1.807, 2.05) is 37.2 Å². The summed E-state index contributed by atoms with van der Waals surface area (Å²) in [5, 5.41) is 9.67. The average Bonchev–Trinajstić information content (AvgIpc) is 2.72. The van der Waals surface area contributed by atoms with Gasteiger partial charge in [0.25, 0.3) is 5.91 Å². The van der Waals surface area contributed by atoms with Gasteiger partial charge in [-0.15, -0.1) is 0 Å². The first-order valence-electron chi connectivity index (χ1n) is 9.10. The molecule has 3 aromatic rings. The minimum Gasteiger partial charge on any atom is -0.508 e. The van der Waals surface area contributed by atoms with Crippen molar-refractivity contribution in [1.29, 1.82) is 0 Å². The van der Waals surface area contributed by atoms with Gasteiger partial charge in [0, 0.05) is 38.0 Å². The number of nitrogens with zero attached hydrogens (tertiary/aromatic N) is 5. The molecule has 0 fully saturated rings. The summed E-state index contributed by atoms with van der Waals surface area (Å²) in [4.78, 5) is 30.4. The van der Waals surface area contributed by atoms with Crippen LogP contribution in [0.25, 0.3) is 11.5 Å². The number of pyridine rings is 1. The molecule has 0 saturated heterocycles. The van der Waals surface area contributed by atoms with Crippen LogP contribution >= 0.6 is 0 Å². The van der Waals surface area contributed by atoms with Crippen LogP contribution in [0.4, 0.5) is 5.82 Å². The van der Waals surface area contributed by atoms with E-state index in [4.69, 9.17) is 9.97 Å². The number of amides is 1. The van der Waals surface area contributed by atoms with Gasteiger partial charge in [-0.3, -0.25) is 9.78 Å². The molecule has 0 spiro atoms. The molecule has 7 nitrogen and oxygen atoms in total. The number of hydrogen-bond donors (Lipinski definition) is 1. The zero-order valence-electron chi connectivity index (χ0n) is 15.8. The maximum absolute atomic E-state index is 12.9. The quantitative estimate of drug-likeness (QED) is 0.757. The molecule has 0 unspecified atom stereocenters. The Labute approximate surface area is 163 Å². The molecule has 1 amide bonds. The third-order valence-electron chi connectivity index (χ3n) is 4.74. The minimum atomic E-state index is -0.119. The predicted octanol–water partition coefficient (Wildman–Crippen LogP) is 2.51. The number of rotatable bonds is 3. The lowest BCUT2D eigenvalue weighted by atomic mass is 10.0. The first-order valence-corrected chi connectivity index (χ1v) is 9.10. The number of aromatic hydroxyl groups is 1. The van der Waals surface area contributed by atoms with Crippen molar-refractivity contribution < 1.29 is 9.90 Å². The number of hydrogen-bond acceptors (Lipinski definition) is 6. The lowest BCUT2D eigenvalue weighted by Gasteiger charge is -2.30. The Morgan fingerprint density at radius 1 is 1.14 bits per heavy atom. The molecule has 0 radical (unpaired) electrons. The molecule has 3 heterocycles. The highest BCUT2D eigenvalue weighted by atomic mass is 16.3. The van der Waals surface area contributed by atoms with E-state index in [0.29, 0.717) is 36.6 Å². The Morgan fingerprint density at radius 2 is 2.00 bits per heavy atom. The third-order valence-corrected chi connectivity index (χ3v) is 4.74. The number of anilines is 1. The molecule has 142 valence electrons. The summed E-state index contributed by atoms with van der Waals surface area (Å²) in [6.45, 7) is 0.974. The molecule has 1 aromatic carbocycles. The smallest absolute Gasteiger partial charge is 0.254 e. The van der Waals surface area contributed by atoms with Gasteiger partial charge in [-0.1, -0.05) is 12.1 Å². The number of phenols is 1. The number of carbonyl (C=O) groups excluding carboxylic acids is 1. The maximum atomic E-state index is 12.9. The minimum absolute atomic E-state index is 0.0814. The summed E-state index contributed by atoms with van der Waals surface area (Å²) in [5.74, 6) is 1.37.